The molecule has 134 valence electrons. The van der Waals surface area contributed by atoms with Crippen molar-refractivity contribution in [2.75, 3.05) is 26.1 Å². The summed E-state index contributed by atoms with van der Waals surface area (Å²) in [6, 6.07) is 8.98. The number of fused-ring (bicyclic) bond motifs is 1. The molecule has 0 spiro atoms. The normalized spacial score (nSPS) is 13.8. The van der Waals surface area contributed by atoms with E-state index >= 15 is 0 Å². The smallest absolute Gasteiger partial charge is 0.354 e. The second-order valence-corrected chi connectivity index (χ2v) is 7.71. The Kier molecular flexibility index (Phi) is 4.03. The maximum absolute atomic E-state index is 12.8. The van der Waals surface area contributed by atoms with Crippen LogP contribution in [-0.4, -0.2) is 36.7 Å². The van der Waals surface area contributed by atoms with Crippen molar-refractivity contribution in [3.63, 3.8) is 0 Å². The molecule has 0 aliphatic heterocycles. The molecule has 2 aromatic heterocycles. The van der Waals surface area contributed by atoms with E-state index in [9.17, 15) is 9.59 Å². The number of methoxy groups -OCH3 is 1. The van der Waals surface area contributed by atoms with Gasteiger partial charge in [-0.3, -0.25) is 4.57 Å². The summed E-state index contributed by atoms with van der Waals surface area (Å²) >= 11 is 1.70. The van der Waals surface area contributed by atoms with Crippen molar-refractivity contribution in [1.82, 2.24) is 9.55 Å². The molecule has 1 aliphatic carbocycles. The minimum atomic E-state index is -0.432. The maximum Gasteiger partial charge on any atom is 0.354 e. The molecular formula is C19H19N3O3S. The molecular weight excluding hydrogens is 350 g/mol. The van der Waals surface area contributed by atoms with Gasteiger partial charge in [0.05, 0.1) is 28.6 Å². The third kappa shape index (κ3) is 2.78. The van der Waals surface area contributed by atoms with Crippen molar-refractivity contribution in [1.29, 1.82) is 0 Å². The van der Waals surface area contributed by atoms with Gasteiger partial charge in [0.2, 0.25) is 0 Å². The predicted molar refractivity (Wildman–Crippen MR) is 103 cm³/mol. The number of hydrogen-bond acceptors (Lipinski definition) is 6. The Bertz CT molecular complexity index is 1060. The molecule has 1 fully saturated rings. The number of rotatable bonds is 4. The average molecular weight is 369 g/mol. The molecule has 2 heterocycles. The molecule has 4 rings (SSSR count). The lowest BCUT2D eigenvalue weighted by atomic mass is 10.2. The second-order valence-electron chi connectivity index (χ2n) is 6.63. The summed E-state index contributed by atoms with van der Waals surface area (Å²) in [5, 5.41) is 0. The molecule has 0 N–H and O–H groups in total. The van der Waals surface area contributed by atoms with E-state index in [0.717, 1.165) is 10.2 Å². The van der Waals surface area contributed by atoms with E-state index in [1.807, 2.05) is 19.0 Å². The summed E-state index contributed by atoms with van der Waals surface area (Å²) in [5.74, 6) is 0.840. The first-order valence-corrected chi connectivity index (χ1v) is 9.24. The van der Waals surface area contributed by atoms with E-state index in [-0.39, 0.29) is 5.69 Å². The standard InChI is InChI=1S/C19H19N3O3S/c1-21(2)17-16-14(10-15(26-16)11-7-8-11)22(19(24)20-17)13-6-4-5-12(9-13)18(23)25-3/h4-6,9-11H,7-8H2,1-3H3. The average Bonchev–Trinajstić information content (AvgIpc) is 3.39. The zero-order valence-corrected chi connectivity index (χ0v) is 15.7. The minimum Gasteiger partial charge on any atom is -0.465 e. The zero-order chi connectivity index (χ0) is 18.4. The third-order valence-corrected chi connectivity index (χ3v) is 5.78. The molecule has 1 aliphatic rings. The lowest BCUT2D eigenvalue weighted by Crippen LogP contribution is -2.25. The fourth-order valence-corrected chi connectivity index (χ4v) is 4.41. The molecule has 1 saturated carbocycles. The van der Waals surface area contributed by atoms with Crippen LogP contribution in [0.3, 0.4) is 0 Å². The molecule has 0 radical (unpaired) electrons. The van der Waals surface area contributed by atoms with Gasteiger partial charge in [-0.15, -0.1) is 11.3 Å². The van der Waals surface area contributed by atoms with Crippen LogP contribution in [0.1, 0.15) is 34.0 Å². The van der Waals surface area contributed by atoms with Crippen molar-refractivity contribution in [3.8, 4) is 5.69 Å². The fraction of sp³-hybridized carbons (Fsp3) is 0.316. The van der Waals surface area contributed by atoms with Gasteiger partial charge in [-0.05, 0) is 43.0 Å². The van der Waals surface area contributed by atoms with Crippen molar-refractivity contribution in [2.24, 2.45) is 0 Å². The van der Waals surface area contributed by atoms with E-state index in [4.69, 9.17) is 4.74 Å². The molecule has 6 nitrogen and oxygen atoms in total. The van der Waals surface area contributed by atoms with Gasteiger partial charge in [0.1, 0.15) is 0 Å². The number of carbonyl (C=O) groups is 1. The van der Waals surface area contributed by atoms with Crippen LogP contribution in [0.25, 0.3) is 15.9 Å². The molecule has 1 aromatic carbocycles. The van der Waals surface area contributed by atoms with E-state index < -0.39 is 5.97 Å². The lowest BCUT2D eigenvalue weighted by Gasteiger charge is -2.15. The number of ether oxygens (including phenoxy) is 1. The Balaban J connectivity index is 1.98. The zero-order valence-electron chi connectivity index (χ0n) is 14.9. The molecule has 0 saturated heterocycles. The van der Waals surface area contributed by atoms with Gasteiger partial charge in [0.25, 0.3) is 0 Å². The van der Waals surface area contributed by atoms with Gasteiger partial charge in [0, 0.05) is 19.0 Å². The summed E-state index contributed by atoms with van der Waals surface area (Å²) in [6.07, 6.45) is 2.39. The second kappa shape index (κ2) is 6.25. The first-order chi connectivity index (χ1) is 12.5. The Morgan fingerprint density at radius 2 is 2.08 bits per heavy atom. The minimum absolute atomic E-state index is 0.358. The maximum atomic E-state index is 12.8. The highest BCUT2D eigenvalue weighted by molar-refractivity contribution is 7.19. The van der Waals surface area contributed by atoms with E-state index in [1.54, 1.807) is 40.2 Å². The Morgan fingerprint density at radius 3 is 2.73 bits per heavy atom. The van der Waals surface area contributed by atoms with Crippen molar-refractivity contribution in [3.05, 3.63) is 51.3 Å². The van der Waals surface area contributed by atoms with Crippen molar-refractivity contribution >= 4 is 33.3 Å². The topological polar surface area (TPSA) is 64.4 Å². The number of hydrogen-bond donors (Lipinski definition) is 0. The van der Waals surface area contributed by atoms with E-state index in [1.165, 1.54) is 24.8 Å². The number of carbonyl (C=O) groups excluding carboxylic acids is 1. The Morgan fingerprint density at radius 1 is 1.31 bits per heavy atom. The number of anilines is 1. The number of esters is 1. The van der Waals surface area contributed by atoms with Gasteiger partial charge >= 0.3 is 11.7 Å². The first-order valence-electron chi connectivity index (χ1n) is 8.42. The molecule has 26 heavy (non-hydrogen) atoms. The summed E-state index contributed by atoms with van der Waals surface area (Å²) in [4.78, 5) is 32.1. The van der Waals surface area contributed by atoms with Crippen LogP contribution in [0.4, 0.5) is 5.82 Å². The predicted octanol–water partition coefficient (Wildman–Crippen LogP) is 3.18. The molecule has 0 amide bonds. The van der Waals surface area contributed by atoms with Crippen LogP contribution in [0.5, 0.6) is 0 Å². The quantitative estimate of drug-likeness (QED) is 0.661. The fourth-order valence-electron chi connectivity index (χ4n) is 3.03. The summed E-state index contributed by atoms with van der Waals surface area (Å²) < 4.78 is 7.36. The molecule has 0 atom stereocenters. The number of benzene rings is 1. The van der Waals surface area contributed by atoms with Gasteiger partial charge in [-0.2, -0.15) is 4.98 Å². The number of thiophene rings is 1. The lowest BCUT2D eigenvalue weighted by molar-refractivity contribution is 0.0600. The summed E-state index contributed by atoms with van der Waals surface area (Å²) in [5.41, 5.74) is 1.49. The third-order valence-electron chi connectivity index (χ3n) is 4.50. The van der Waals surface area contributed by atoms with Crippen LogP contribution < -0.4 is 10.6 Å². The summed E-state index contributed by atoms with van der Waals surface area (Å²) in [6.45, 7) is 0. The monoisotopic (exact) mass is 369 g/mol. The number of aromatic nitrogens is 2. The molecule has 3 aromatic rings. The molecule has 0 bridgehead atoms. The van der Waals surface area contributed by atoms with Crippen LogP contribution in [0.2, 0.25) is 0 Å². The highest BCUT2D eigenvalue weighted by atomic mass is 32.1. The van der Waals surface area contributed by atoms with Gasteiger partial charge in [0.15, 0.2) is 5.82 Å². The number of nitrogens with zero attached hydrogens (tertiary/aromatic N) is 3. The Hall–Kier alpha value is -2.67. The van der Waals surface area contributed by atoms with Crippen LogP contribution >= 0.6 is 11.3 Å². The van der Waals surface area contributed by atoms with Crippen molar-refractivity contribution in [2.45, 2.75) is 18.8 Å². The molecule has 7 heteroatoms. The Labute approximate surface area is 154 Å². The van der Waals surface area contributed by atoms with Gasteiger partial charge in [-0.1, -0.05) is 6.07 Å². The highest BCUT2D eigenvalue weighted by Crippen LogP contribution is 2.46. The van der Waals surface area contributed by atoms with E-state index in [2.05, 4.69) is 11.1 Å². The summed E-state index contributed by atoms with van der Waals surface area (Å²) in [7, 11) is 5.12. The van der Waals surface area contributed by atoms with Gasteiger partial charge in [-0.25, -0.2) is 9.59 Å². The largest absolute Gasteiger partial charge is 0.465 e. The van der Waals surface area contributed by atoms with E-state index in [0.29, 0.717) is 23.0 Å². The highest BCUT2D eigenvalue weighted by Gasteiger charge is 2.27. The first kappa shape index (κ1) is 16.8. The van der Waals surface area contributed by atoms with Gasteiger partial charge < -0.3 is 9.64 Å². The SMILES string of the molecule is COC(=O)c1cccc(-n2c(=O)nc(N(C)C)c3sc(C4CC4)cc32)c1. The van der Waals surface area contributed by atoms with Crippen LogP contribution in [0.15, 0.2) is 35.1 Å². The van der Waals surface area contributed by atoms with Crippen LogP contribution in [0, 0.1) is 0 Å². The van der Waals surface area contributed by atoms with Crippen LogP contribution in [-0.2, 0) is 4.74 Å². The van der Waals surface area contributed by atoms with Crippen molar-refractivity contribution < 1.29 is 9.53 Å². The molecule has 0 unspecified atom stereocenters.